The first-order valence-corrected chi connectivity index (χ1v) is 13.0. The molecular formula is C28H30BrN3O3S. The van der Waals surface area contributed by atoms with Gasteiger partial charge >= 0.3 is 0 Å². The Kier molecular flexibility index (Phi) is 10.5. The number of hydrogen-bond donors (Lipinski definition) is 3. The van der Waals surface area contributed by atoms with Gasteiger partial charge in [0.05, 0.1) is 12.2 Å². The van der Waals surface area contributed by atoms with Crippen LogP contribution < -0.4 is 20.7 Å². The van der Waals surface area contributed by atoms with Gasteiger partial charge in [0.1, 0.15) is 5.75 Å². The normalized spacial score (nSPS) is 10.6. The third kappa shape index (κ3) is 9.09. The number of carbonyl (C=O) groups is 2. The minimum atomic E-state index is -0.376. The van der Waals surface area contributed by atoms with Crippen molar-refractivity contribution in [1.82, 2.24) is 5.32 Å². The lowest BCUT2D eigenvalue weighted by Crippen LogP contribution is -2.34. The van der Waals surface area contributed by atoms with Crippen LogP contribution in [-0.2, 0) is 11.2 Å². The van der Waals surface area contributed by atoms with Crippen LogP contribution in [0.3, 0.4) is 0 Å². The van der Waals surface area contributed by atoms with Gasteiger partial charge in [-0.2, -0.15) is 0 Å². The fourth-order valence-corrected chi connectivity index (χ4v) is 3.92. The molecule has 6 nitrogen and oxygen atoms in total. The van der Waals surface area contributed by atoms with E-state index in [2.05, 4.69) is 45.7 Å². The van der Waals surface area contributed by atoms with Gasteiger partial charge < -0.3 is 15.4 Å². The van der Waals surface area contributed by atoms with Crippen molar-refractivity contribution in [3.8, 4) is 5.75 Å². The zero-order valence-corrected chi connectivity index (χ0v) is 22.7. The van der Waals surface area contributed by atoms with Crippen LogP contribution in [0.2, 0.25) is 0 Å². The van der Waals surface area contributed by atoms with Crippen LogP contribution in [0.5, 0.6) is 5.75 Å². The molecule has 0 aliphatic heterocycles. The summed E-state index contributed by atoms with van der Waals surface area (Å²) in [6.45, 7) is 4.76. The molecule has 8 heteroatoms. The van der Waals surface area contributed by atoms with Gasteiger partial charge in [-0.1, -0.05) is 66.2 Å². The highest BCUT2D eigenvalue weighted by Crippen LogP contribution is 2.24. The lowest BCUT2D eigenvalue weighted by molar-refractivity contribution is -0.116. The Hall–Kier alpha value is -3.23. The van der Waals surface area contributed by atoms with Crippen LogP contribution in [0.25, 0.3) is 0 Å². The van der Waals surface area contributed by atoms with E-state index in [9.17, 15) is 9.59 Å². The van der Waals surface area contributed by atoms with Crippen molar-refractivity contribution in [1.29, 1.82) is 0 Å². The molecule has 0 radical (unpaired) electrons. The number of anilines is 2. The summed E-state index contributed by atoms with van der Waals surface area (Å²) in [6.07, 6.45) is 1.93. The second kappa shape index (κ2) is 13.8. The number of carbonyl (C=O) groups excluding carboxylic acids is 2. The molecule has 188 valence electrons. The molecule has 3 rings (SSSR count). The fraction of sp³-hybridized carbons (Fsp3) is 0.250. The van der Waals surface area contributed by atoms with Crippen molar-refractivity contribution in [2.45, 2.75) is 33.1 Å². The number of rotatable bonds is 10. The Balaban J connectivity index is 1.55. The first-order chi connectivity index (χ1) is 17.3. The molecule has 0 unspecified atom stereocenters. The summed E-state index contributed by atoms with van der Waals surface area (Å²) in [7, 11) is 0. The fourth-order valence-electron chi connectivity index (χ4n) is 3.34. The minimum Gasteiger partial charge on any atom is -0.493 e. The molecule has 0 aliphatic carbocycles. The number of halogens is 1. The van der Waals surface area contributed by atoms with E-state index >= 15 is 0 Å². The second-order valence-electron chi connectivity index (χ2n) is 8.69. The molecule has 3 aromatic carbocycles. The minimum absolute atomic E-state index is 0.0773. The van der Waals surface area contributed by atoms with Crippen molar-refractivity contribution >= 4 is 56.4 Å². The van der Waals surface area contributed by atoms with E-state index in [0.717, 1.165) is 16.5 Å². The van der Waals surface area contributed by atoms with Gasteiger partial charge in [-0.15, -0.1) is 0 Å². The summed E-state index contributed by atoms with van der Waals surface area (Å²) in [5.41, 5.74) is 2.78. The Labute approximate surface area is 226 Å². The quantitative estimate of drug-likeness (QED) is 0.241. The third-order valence-electron chi connectivity index (χ3n) is 5.25. The highest BCUT2D eigenvalue weighted by Gasteiger charge is 2.15. The predicted octanol–water partition coefficient (Wildman–Crippen LogP) is 6.57. The first-order valence-electron chi connectivity index (χ1n) is 11.8. The molecule has 0 fully saturated rings. The average Bonchev–Trinajstić information content (AvgIpc) is 2.84. The summed E-state index contributed by atoms with van der Waals surface area (Å²) in [4.78, 5) is 25.3. The van der Waals surface area contributed by atoms with E-state index in [1.54, 1.807) is 36.4 Å². The van der Waals surface area contributed by atoms with E-state index in [1.165, 1.54) is 0 Å². The number of thiocarbonyl (C=S) groups is 1. The summed E-state index contributed by atoms with van der Waals surface area (Å²) >= 11 is 8.76. The Morgan fingerprint density at radius 3 is 2.39 bits per heavy atom. The lowest BCUT2D eigenvalue weighted by Gasteiger charge is -2.14. The third-order valence-corrected chi connectivity index (χ3v) is 5.95. The number of aryl methyl sites for hydroxylation is 1. The molecule has 2 amide bonds. The molecule has 0 atom stereocenters. The molecule has 0 saturated carbocycles. The van der Waals surface area contributed by atoms with Crippen LogP contribution in [0.4, 0.5) is 11.4 Å². The van der Waals surface area contributed by atoms with E-state index in [-0.39, 0.29) is 16.9 Å². The molecule has 3 aromatic rings. The monoisotopic (exact) mass is 567 g/mol. The molecule has 0 aromatic heterocycles. The van der Waals surface area contributed by atoms with Crippen LogP contribution in [0, 0.1) is 5.92 Å². The summed E-state index contributed by atoms with van der Waals surface area (Å²) in [5, 5.41) is 8.75. The highest BCUT2D eigenvalue weighted by atomic mass is 79.9. The Morgan fingerprint density at radius 1 is 0.944 bits per heavy atom. The van der Waals surface area contributed by atoms with Gasteiger partial charge in [-0.25, -0.2) is 0 Å². The van der Waals surface area contributed by atoms with Gasteiger partial charge in [-0.05, 0) is 72.9 Å². The molecule has 36 heavy (non-hydrogen) atoms. The van der Waals surface area contributed by atoms with Crippen molar-refractivity contribution in [2.24, 2.45) is 5.92 Å². The van der Waals surface area contributed by atoms with Gasteiger partial charge in [0, 0.05) is 22.3 Å². The average molecular weight is 569 g/mol. The first kappa shape index (κ1) is 27.4. The van der Waals surface area contributed by atoms with Gasteiger partial charge in [0.25, 0.3) is 5.91 Å². The molecule has 0 saturated heterocycles. The maximum Gasteiger partial charge on any atom is 0.261 e. The van der Waals surface area contributed by atoms with E-state index in [0.29, 0.717) is 48.1 Å². The number of ether oxygens (including phenoxy) is 1. The molecule has 3 N–H and O–H groups in total. The van der Waals surface area contributed by atoms with Gasteiger partial charge in [-0.3, -0.25) is 14.9 Å². The lowest BCUT2D eigenvalue weighted by atomic mass is 10.1. The Morgan fingerprint density at radius 2 is 1.67 bits per heavy atom. The molecule has 0 aliphatic rings. The van der Waals surface area contributed by atoms with Crippen molar-refractivity contribution in [2.75, 3.05) is 17.2 Å². The topological polar surface area (TPSA) is 79.5 Å². The molecule has 0 spiro atoms. The van der Waals surface area contributed by atoms with Crippen LogP contribution in [-0.4, -0.2) is 23.5 Å². The van der Waals surface area contributed by atoms with Crippen LogP contribution >= 0.6 is 28.1 Å². The zero-order chi connectivity index (χ0) is 25.9. The SMILES string of the molecule is CC(C)CCOc1ccc(Br)cc1C(=O)NC(=S)Nc1cccc(NC(=O)CCc2ccccc2)c1. The van der Waals surface area contributed by atoms with Crippen molar-refractivity contribution in [3.63, 3.8) is 0 Å². The van der Waals surface area contributed by atoms with Gasteiger partial charge in [0.15, 0.2) is 5.11 Å². The van der Waals surface area contributed by atoms with Crippen molar-refractivity contribution in [3.05, 3.63) is 88.4 Å². The highest BCUT2D eigenvalue weighted by molar-refractivity contribution is 9.10. The van der Waals surface area contributed by atoms with E-state index in [1.807, 2.05) is 36.4 Å². The zero-order valence-electron chi connectivity index (χ0n) is 20.3. The number of benzene rings is 3. The largest absolute Gasteiger partial charge is 0.493 e. The number of hydrogen-bond acceptors (Lipinski definition) is 4. The maximum atomic E-state index is 12.9. The van der Waals surface area contributed by atoms with Crippen LogP contribution in [0.1, 0.15) is 42.6 Å². The number of amides is 2. The maximum absolute atomic E-state index is 12.9. The molecular weight excluding hydrogens is 538 g/mol. The molecule has 0 heterocycles. The standard InChI is InChI=1S/C28H30BrN3O3S/c1-19(2)15-16-35-25-13-12-21(29)17-24(25)27(34)32-28(36)31-23-10-6-9-22(18-23)30-26(33)14-11-20-7-4-3-5-8-20/h3-10,12-13,17-19H,11,14-16H2,1-2H3,(H,30,33)(H2,31,32,34,36). The summed E-state index contributed by atoms with van der Waals surface area (Å²) in [6, 6.07) is 22.3. The summed E-state index contributed by atoms with van der Waals surface area (Å²) < 4.78 is 6.60. The number of nitrogens with one attached hydrogen (secondary N) is 3. The second-order valence-corrected chi connectivity index (χ2v) is 10.0. The predicted molar refractivity (Wildman–Crippen MR) is 153 cm³/mol. The van der Waals surface area contributed by atoms with Gasteiger partial charge in [0.2, 0.25) is 5.91 Å². The van der Waals surface area contributed by atoms with E-state index < -0.39 is 0 Å². The van der Waals surface area contributed by atoms with E-state index in [4.69, 9.17) is 17.0 Å². The van der Waals surface area contributed by atoms with Crippen LogP contribution in [0.15, 0.2) is 77.3 Å². The smallest absolute Gasteiger partial charge is 0.261 e. The van der Waals surface area contributed by atoms with Crippen molar-refractivity contribution < 1.29 is 14.3 Å². The summed E-state index contributed by atoms with van der Waals surface area (Å²) in [5.74, 6) is 0.545. The Bertz CT molecular complexity index is 1200. The molecule has 0 bridgehead atoms.